The third-order valence-electron chi connectivity index (χ3n) is 5.02. The summed E-state index contributed by atoms with van der Waals surface area (Å²) >= 11 is 0. The Kier molecular flexibility index (Phi) is 5.31. The molecule has 1 aromatic heterocycles. The van der Waals surface area contributed by atoms with Gasteiger partial charge in [-0.3, -0.25) is 0 Å². The van der Waals surface area contributed by atoms with Gasteiger partial charge in [-0.15, -0.1) is 0 Å². The van der Waals surface area contributed by atoms with E-state index in [9.17, 15) is 10.2 Å². The molecule has 2 N–H and O–H groups in total. The van der Waals surface area contributed by atoms with E-state index in [-0.39, 0.29) is 11.5 Å². The largest absolute Gasteiger partial charge is 0.507 e. The summed E-state index contributed by atoms with van der Waals surface area (Å²) in [5.74, 6) is 0.170. The van der Waals surface area contributed by atoms with Crippen molar-refractivity contribution in [3.05, 3.63) is 106 Å². The second kappa shape index (κ2) is 8.21. The van der Waals surface area contributed by atoms with Crippen LogP contribution in [-0.2, 0) is 0 Å². The SMILES string of the molecule is Cc1cc2nc(/C=C(\O)c3ccccc3)c(/C=C(\O)c3ccccc3)nc2cc1C. The van der Waals surface area contributed by atoms with Crippen LogP contribution in [0.4, 0.5) is 0 Å². The van der Waals surface area contributed by atoms with Crippen molar-refractivity contribution >= 4 is 34.7 Å². The third kappa shape index (κ3) is 4.08. The van der Waals surface area contributed by atoms with Crippen molar-refractivity contribution in [3.63, 3.8) is 0 Å². The Morgan fingerprint density at radius 2 is 1.00 bits per heavy atom. The van der Waals surface area contributed by atoms with Crippen LogP contribution in [0.25, 0.3) is 34.7 Å². The number of rotatable bonds is 4. The Morgan fingerprint density at radius 1 is 0.633 bits per heavy atom. The molecule has 0 aliphatic heterocycles. The molecule has 0 radical (unpaired) electrons. The van der Waals surface area contributed by atoms with Crippen molar-refractivity contribution in [3.8, 4) is 0 Å². The molecule has 4 nitrogen and oxygen atoms in total. The molecular formula is C26H22N2O2. The van der Waals surface area contributed by atoms with E-state index in [1.807, 2.05) is 86.6 Å². The lowest BCUT2D eigenvalue weighted by atomic mass is 10.1. The average Bonchev–Trinajstić information content (AvgIpc) is 2.76. The molecule has 0 atom stereocenters. The van der Waals surface area contributed by atoms with E-state index in [1.165, 1.54) is 0 Å². The zero-order valence-corrected chi connectivity index (χ0v) is 16.9. The quantitative estimate of drug-likeness (QED) is 0.395. The maximum absolute atomic E-state index is 10.6. The van der Waals surface area contributed by atoms with Crippen LogP contribution >= 0.6 is 0 Å². The first-order chi connectivity index (χ1) is 14.5. The number of aliphatic hydroxyl groups excluding tert-OH is 2. The van der Waals surface area contributed by atoms with Gasteiger partial charge in [0.05, 0.1) is 22.4 Å². The lowest BCUT2D eigenvalue weighted by molar-refractivity contribution is 0.514. The van der Waals surface area contributed by atoms with Crippen LogP contribution in [0.15, 0.2) is 72.8 Å². The van der Waals surface area contributed by atoms with Crippen LogP contribution in [0, 0.1) is 13.8 Å². The molecule has 0 saturated heterocycles. The molecule has 0 bridgehead atoms. The molecule has 30 heavy (non-hydrogen) atoms. The number of hydrogen-bond acceptors (Lipinski definition) is 4. The molecule has 3 aromatic carbocycles. The minimum atomic E-state index is 0.0851. The fraction of sp³-hybridized carbons (Fsp3) is 0.0769. The molecule has 0 fully saturated rings. The molecule has 4 aromatic rings. The van der Waals surface area contributed by atoms with E-state index in [0.717, 1.165) is 22.2 Å². The van der Waals surface area contributed by atoms with Gasteiger partial charge in [-0.1, -0.05) is 60.7 Å². The summed E-state index contributed by atoms with van der Waals surface area (Å²) in [6.07, 6.45) is 3.17. The standard InChI is InChI=1S/C26H22N2O2/c1-17-13-21-22(14-18(17)2)28-24(16-26(30)20-11-7-4-8-12-20)23(27-21)15-25(29)19-9-5-3-6-10-19/h3-16,29-30H,1-2H3/b25-15-,26-16-. The maximum atomic E-state index is 10.6. The predicted octanol–water partition coefficient (Wildman–Crippen LogP) is 6.36. The van der Waals surface area contributed by atoms with E-state index in [4.69, 9.17) is 9.97 Å². The van der Waals surface area contributed by atoms with Crippen LogP contribution in [-0.4, -0.2) is 20.2 Å². The summed E-state index contributed by atoms with van der Waals surface area (Å²) in [6, 6.07) is 22.5. The fourth-order valence-electron chi connectivity index (χ4n) is 3.19. The van der Waals surface area contributed by atoms with E-state index in [1.54, 1.807) is 12.2 Å². The van der Waals surface area contributed by atoms with Crippen molar-refractivity contribution in [2.45, 2.75) is 13.8 Å². The van der Waals surface area contributed by atoms with Crippen molar-refractivity contribution in [2.75, 3.05) is 0 Å². The van der Waals surface area contributed by atoms with Gasteiger partial charge in [0, 0.05) is 23.3 Å². The van der Waals surface area contributed by atoms with Crippen LogP contribution in [0.2, 0.25) is 0 Å². The molecule has 1 heterocycles. The molecular weight excluding hydrogens is 372 g/mol. The fourth-order valence-corrected chi connectivity index (χ4v) is 3.19. The zero-order chi connectivity index (χ0) is 21.1. The number of fused-ring (bicyclic) bond motifs is 1. The van der Waals surface area contributed by atoms with Gasteiger partial charge in [-0.2, -0.15) is 0 Å². The van der Waals surface area contributed by atoms with E-state index >= 15 is 0 Å². The first-order valence-corrected chi connectivity index (χ1v) is 9.72. The Labute approximate surface area is 175 Å². The van der Waals surface area contributed by atoms with E-state index in [2.05, 4.69) is 0 Å². The summed E-state index contributed by atoms with van der Waals surface area (Å²) in [5, 5.41) is 21.3. The van der Waals surface area contributed by atoms with Crippen molar-refractivity contribution < 1.29 is 10.2 Å². The summed E-state index contributed by atoms with van der Waals surface area (Å²) in [6.45, 7) is 4.06. The Morgan fingerprint density at radius 3 is 1.37 bits per heavy atom. The predicted molar refractivity (Wildman–Crippen MR) is 123 cm³/mol. The number of nitrogens with zero attached hydrogens (tertiary/aromatic N) is 2. The number of benzene rings is 3. The van der Waals surface area contributed by atoms with Gasteiger partial charge in [-0.25, -0.2) is 9.97 Å². The molecule has 0 aliphatic rings. The number of aryl methyl sites for hydroxylation is 2. The summed E-state index contributed by atoms with van der Waals surface area (Å²) in [4.78, 5) is 9.47. The van der Waals surface area contributed by atoms with Gasteiger partial charge in [0.25, 0.3) is 0 Å². The van der Waals surface area contributed by atoms with Crippen LogP contribution in [0.5, 0.6) is 0 Å². The first kappa shape index (κ1) is 19.4. The molecule has 4 rings (SSSR count). The van der Waals surface area contributed by atoms with Crippen molar-refractivity contribution in [1.29, 1.82) is 0 Å². The van der Waals surface area contributed by atoms with Crippen LogP contribution < -0.4 is 0 Å². The highest BCUT2D eigenvalue weighted by atomic mass is 16.3. The highest BCUT2D eigenvalue weighted by Crippen LogP contribution is 2.24. The van der Waals surface area contributed by atoms with Crippen molar-refractivity contribution in [1.82, 2.24) is 9.97 Å². The summed E-state index contributed by atoms with van der Waals surface area (Å²) in [5.41, 5.74) is 6.04. The number of aromatic nitrogens is 2. The lowest BCUT2D eigenvalue weighted by Crippen LogP contribution is -1.98. The zero-order valence-electron chi connectivity index (χ0n) is 16.9. The molecule has 0 saturated carbocycles. The minimum Gasteiger partial charge on any atom is -0.507 e. The van der Waals surface area contributed by atoms with Gasteiger partial charge in [-0.05, 0) is 37.1 Å². The Bertz CT molecular complexity index is 1160. The van der Waals surface area contributed by atoms with Crippen LogP contribution in [0.1, 0.15) is 33.6 Å². The number of aliphatic hydroxyl groups is 2. The second-order valence-electron chi connectivity index (χ2n) is 7.21. The highest BCUT2D eigenvalue weighted by Gasteiger charge is 2.11. The summed E-state index contributed by atoms with van der Waals surface area (Å²) in [7, 11) is 0. The molecule has 0 amide bonds. The van der Waals surface area contributed by atoms with Crippen molar-refractivity contribution in [2.24, 2.45) is 0 Å². The monoisotopic (exact) mass is 394 g/mol. The lowest BCUT2D eigenvalue weighted by Gasteiger charge is -2.09. The molecule has 0 spiro atoms. The van der Waals surface area contributed by atoms with Gasteiger partial charge in [0.15, 0.2) is 0 Å². The minimum absolute atomic E-state index is 0.0851. The van der Waals surface area contributed by atoms with E-state index < -0.39 is 0 Å². The maximum Gasteiger partial charge on any atom is 0.125 e. The molecule has 0 aliphatic carbocycles. The molecule has 0 unspecified atom stereocenters. The van der Waals surface area contributed by atoms with Gasteiger partial charge in [0.2, 0.25) is 0 Å². The summed E-state index contributed by atoms with van der Waals surface area (Å²) < 4.78 is 0. The third-order valence-corrected chi connectivity index (χ3v) is 5.02. The molecule has 4 heteroatoms. The van der Waals surface area contributed by atoms with Gasteiger partial charge in [0.1, 0.15) is 11.5 Å². The smallest absolute Gasteiger partial charge is 0.125 e. The van der Waals surface area contributed by atoms with Gasteiger partial charge < -0.3 is 10.2 Å². The first-order valence-electron chi connectivity index (χ1n) is 9.72. The Hall–Kier alpha value is -3.92. The average molecular weight is 394 g/mol. The van der Waals surface area contributed by atoms with E-state index in [0.29, 0.717) is 22.5 Å². The second-order valence-corrected chi connectivity index (χ2v) is 7.21. The normalized spacial score (nSPS) is 12.3. The van der Waals surface area contributed by atoms with Gasteiger partial charge >= 0.3 is 0 Å². The number of hydrogen-bond donors (Lipinski definition) is 2. The highest BCUT2D eigenvalue weighted by molar-refractivity contribution is 5.86. The van der Waals surface area contributed by atoms with Crippen LogP contribution in [0.3, 0.4) is 0 Å². The Balaban J connectivity index is 1.90. The topological polar surface area (TPSA) is 66.2 Å². The molecule has 148 valence electrons.